The Morgan fingerprint density at radius 1 is 1.22 bits per heavy atom. The molecular weight excluding hydrogens is 472 g/mol. The first-order valence-electron chi connectivity index (χ1n) is 13.4. The van der Waals surface area contributed by atoms with Crippen molar-refractivity contribution in [1.82, 2.24) is 20.5 Å². The van der Waals surface area contributed by atoms with Crippen molar-refractivity contribution in [2.45, 2.75) is 76.3 Å². The number of para-hydroxylation sites is 1. The molecule has 36 heavy (non-hydrogen) atoms. The normalized spacial score (nSPS) is 18.5. The third kappa shape index (κ3) is 6.71. The van der Waals surface area contributed by atoms with Crippen LogP contribution in [0.3, 0.4) is 0 Å². The van der Waals surface area contributed by atoms with Crippen molar-refractivity contribution in [3.8, 4) is 5.75 Å². The molecule has 2 N–H and O–H groups in total. The van der Waals surface area contributed by atoms with Crippen LogP contribution >= 0.6 is 11.8 Å². The van der Waals surface area contributed by atoms with Gasteiger partial charge in [0.1, 0.15) is 17.0 Å². The first-order chi connectivity index (χ1) is 17.4. The van der Waals surface area contributed by atoms with Crippen LogP contribution in [-0.4, -0.2) is 65.8 Å². The Kier molecular flexibility index (Phi) is 9.48. The molecule has 1 saturated heterocycles. The summed E-state index contributed by atoms with van der Waals surface area (Å²) >= 11 is 1.64. The van der Waals surface area contributed by atoms with Crippen LogP contribution in [0, 0.1) is 5.92 Å². The van der Waals surface area contributed by atoms with Crippen molar-refractivity contribution in [3.63, 3.8) is 0 Å². The van der Waals surface area contributed by atoms with Crippen LogP contribution in [0.25, 0.3) is 10.9 Å². The number of piperidine rings is 1. The summed E-state index contributed by atoms with van der Waals surface area (Å²) in [5.74, 6) is 1.97. The van der Waals surface area contributed by atoms with Gasteiger partial charge >= 0.3 is 0 Å². The molecule has 8 heteroatoms. The molecule has 1 aromatic carbocycles. The monoisotopic (exact) mass is 512 g/mol. The van der Waals surface area contributed by atoms with Gasteiger partial charge in [0.2, 0.25) is 5.91 Å². The highest BCUT2D eigenvalue weighted by atomic mass is 32.2. The number of fused-ring (bicyclic) bond motifs is 1. The van der Waals surface area contributed by atoms with E-state index in [0.717, 1.165) is 47.5 Å². The lowest BCUT2D eigenvalue weighted by atomic mass is 10.0. The largest absolute Gasteiger partial charge is 0.491 e. The van der Waals surface area contributed by atoms with Crippen LogP contribution in [0.5, 0.6) is 5.75 Å². The summed E-state index contributed by atoms with van der Waals surface area (Å²) in [6.45, 7) is 8.75. The zero-order valence-electron chi connectivity index (χ0n) is 21.8. The lowest BCUT2D eigenvalue weighted by molar-refractivity contribution is -0.118. The van der Waals surface area contributed by atoms with E-state index in [9.17, 15) is 9.59 Å². The molecule has 2 fully saturated rings. The molecule has 0 radical (unpaired) electrons. The SMILES string of the molecule is CC(=O)NCCSc1cc(C(=O)N(C(C)C)C2CCCNC2)nc2c(OCC3CCCC3)cccc12. The van der Waals surface area contributed by atoms with Crippen LogP contribution in [0.4, 0.5) is 0 Å². The molecule has 1 aromatic heterocycles. The average Bonchev–Trinajstić information content (AvgIpc) is 3.39. The predicted octanol–water partition coefficient (Wildman–Crippen LogP) is 4.63. The van der Waals surface area contributed by atoms with Gasteiger partial charge in [-0.1, -0.05) is 25.0 Å². The molecule has 1 atom stereocenters. The number of pyridine rings is 1. The van der Waals surface area contributed by atoms with Gasteiger partial charge in [0.15, 0.2) is 0 Å². The molecule has 1 aliphatic carbocycles. The van der Waals surface area contributed by atoms with Crippen LogP contribution in [0.1, 0.15) is 69.8 Å². The molecule has 2 aromatic rings. The Labute approximate surface area is 219 Å². The minimum atomic E-state index is -0.0395. The summed E-state index contributed by atoms with van der Waals surface area (Å²) in [6.07, 6.45) is 7.04. The van der Waals surface area contributed by atoms with Crippen molar-refractivity contribution in [2.75, 3.05) is 32.0 Å². The molecule has 7 nitrogen and oxygen atoms in total. The van der Waals surface area contributed by atoms with E-state index in [1.807, 2.05) is 29.2 Å². The highest BCUT2D eigenvalue weighted by molar-refractivity contribution is 7.99. The van der Waals surface area contributed by atoms with Crippen molar-refractivity contribution in [1.29, 1.82) is 0 Å². The zero-order chi connectivity index (χ0) is 25.5. The predicted molar refractivity (Wildman–Crippen MR) is 146 cm³/mol. The summed E-state index contributed by atoms with van der Waals surface area (Å²) in [5, 5.41) is 7.28. The van der Waals surface area contributed by atoms with Crippen LogP contribution in [-0.2, 0) is 4.79 Å². The maximum atomic E-state index is 13.9. The van der Waals surface area contributed by atoms with Gasteiger partial charge in [0, 0.05) is 48.1 Å². The summed E-state index contributed by atoms with van der Waals surface area (Å²) < 4.78 is 6.31. The van der Waals surface area contributed by atoms with Crippen LogP contribution in [0.15, 0.2) is 29.2 Å². The lowest BCUT2D eigenvalue weighted by Crippen LogP contribution is -2.51. The summed E-state index contributed by atoms with van der Waals surface area (Å²) in [5.41, 5.74) is 1.20. The minimum absolute atomic E-state index is 0.0325. The number of amides is 2. The number of nitrogens with zero attached hydrogens (tertiary/aromatic N) is 2. The van der Waals surface area contributed by atoms with Gasteiger partial charge in [0.25, 0.3) is 5.91 Å². The topological polar surface area (TPSA) is 83.6 Å². The minimum Gasteiger partial charge on any atom is -0.491 e. The maximum absolute atomic E-state index is 13.9. The molecule has 2 heterocycles. The second-order valence-electron chi connectivity index (χ2n) is 10.3. The fourth-order valence-corrected chi connectivity index (χ4v) is 6.27. The molecule has 1 aliphatic heterocycles. The number of rotatable bonds is 10. The van der Waals surface area contributed by atoms with Crippen LogP contribution in [0.2, 0.25) is 0 Å². The van der Waals surface area contributed by atoms with Gasteiger partial charge in [-0.25, -0.2) is 4.98 Å². The summed E-state index contributed by atoms with van der Waals surface area (Å²) in [6, 6.07) is 8.18. The van der Waals surface area contributed by atoms with E-state index in [1.54, 1.807) is 11.8 Å². The van der Waals surface area contributed by atoms with Crippen molar-refractivity contribution < 1.29 is 14.3 Å². The smallest absolute Gasteiger partial charge is 0.273 e. The number of thioether (sulfide) groups is 1. The Hall–Kier alpha value is -2.32. The van der Waals surface area contributed by atoms with Gasteiger partial charge < -0.3 is 20.3 Å². The molecule has 0 spiro atoms. The van der Waals surface area contributed by atoms with E-state index in [2.05, 4.69) is 24.5 Å². The fraction of sp³-hybridized carbons (Fsp3) is 0.607. The second kappa shape index (κ2) is 12.8. The Morgan fingerprint density at radius 3 is 2.72 bits per heavy atom. The highest BCUT2D eigenvalue weighted by Crippen LogP contribution is 2.34. The number of hydrogen-bond donors (Lipinski definition) is 2. The van der Waals surface area contributed by atoms with E-state index in [-0.39, 0.29) is 23.9 Å². The number of carbonyl (C=O) groups is 2. The third-order valence-electron chi connectivity index (χ3n) is 7.12. The van der Waals surface area contributed by atoms with E-state index in [0.29, 0.717) is 30.5 Å². The van der Waals surface area contributed by atoms with Crippen molar-refractivity contribution >= 4 is 34.5 Å². The second-order valence-corrected chi connectivity index (χ2v) is 11.4. The van der Waals surface area contributed by atoms with Gasteiger partial charge in [0.05, 0.1) is 6.61 Å². The van der Waals surface area contributed by atoms with Gasteiger partial charge in [-0.3, -0.25) is 9.59 Å². The maximum Gasteiger partial charge on any atom is 0.273 e. The number of ether oxygens (including phenoxy) is 1. The molecule has 2 aliphatic rings. The van der Waals surface area contributed by atoms with E-state index >= 15 is 0 Å². The number of carbonyl (C=O) groups excluding carboxylic acids is 2. The summed E-state index contributed by atoms with van der Waals surface area (Å²) in [7, 11) is 0. The number of hydrogen-bond acceptors (Lipinski definition) is 6. The molecule has 2 amide bonds. The fourth-order valence-electron chi connectivity index (χ4n) is 5.33. The lowest BCUT2D eigenvalue weighted by Gasteiger charge is -2.37. The Bertz CT molecular complexity index is 1050. The first kappa shape index (κ1) is 26.7. The average molecular weight is 513 g/mol. The van der Waals surface area contributed by atoms with Gasteiger partial charge in [-0.2, -0.15) is 0 Å². The molecule has 0 bridgehead atoms. The van der Waals surface area contributed by atoms with Gasteiger partial charge in [-0.05, 0) is 64.1 Å². The van der Waals surface area contributed by atoms with Crippen molar-refractivity contribution in [3.05, 3.63) is 30.0 Å². The Morgan fingerprint density at radius 2 is 2.03 bits per heavy atom. The van der Waals surface area contributed by atoms with E-state index < -0.39 is 0 Å². The molecule has 1 unspecified atom stereocenters. The summed E-state index contributed by atoms with van der Waals surface area (Å²) in [4.78, 5) is 33.1. The third-order valence-corrected chi connectivity index (χ3v) is 8.18. The Balaban J connectivity index is 1.67. The van der Waals surface area contributed by atoms with E-state index in [4.69, 9.17) is 9.72 Å². The number of benzene rings is 1. The highest BCUT2D eigenvalue weighted by Gasteiger charge is 2.30. The molecular formula is C28H40N4O3S. The van der Waals surface area contributed by atoms with Gasteiger partial charge in [-0.15, -0.1) is 11.8 Å². The van der Waals surface area contributed by atoms with E-state index in [1.165, 1.54) is 32.6 Å². The standard InChI is InChI=1S/C28H40N4O3S/c1-19(2)32(22-10-7-13-29-17-22)28(34)24-16-26(36-15-14-30-20(3)33)23-11-6-12-25(27(23)31-24)35-18-21-8-4-5-9-21/h6,11-12,16,19,21-22,29H,4-5,7-10,13-15,17-18H2,1-3H3,(H,30,33). The molecule has 1 saturated carbocycles. The zero-order valence-corrected chi connectivity index (χ0v) is 22.7. The first-order valence-corrected chi connectivity index (χ1v) is 14.4. The quantitative estimate of drug-likeness (QED) is 0.357. The molecule has 4 rings (SSSR count). The molecule has 196 valence electrons. The number of nitrogens with one attached hydrogen (secondary N) is 2. The van der Waals surface area contributed by atoms with Crippen molar-refractivity contribution in [2.24, 2.45) is 5.92 Å². The number of aromatic nitrogens is 1. The van der Waals surface area contributed by atoms with Crippen LogP contribution < -0.4 is 15.4 Å².